The van der Waals surface area contributed by atoms with Gasteiger partial charge in [0.25, 0.3) is 5.69 Å². The fourth-order valence-electron chi connectivity index (χ4n) is 2.49. The molecule has 3 rings (SSSR count). The number of rotatable bonds is 6. The van der Waals surface area contributed by atoms with E-state index in [-0.39, 0.29) is 11.3 Å². The molecule has 0 unspecified atom stereocenters. The molecule has 0 aliphatic rings. The summed E-state index contributed by atoms with van der Waals surface area (Å²) in [4.78, 5) is 26.7. The molecule has 0 bridgehead atoms. The first-order chi connectivity index (χ1) is 13.5. The van der Waals surface area contributed by atoms with E-state index in [9.17, 15) is 20.2 Å². The fourth-order valence-corrected chi connectivity index (χ4v) is 3.42. The van der Waals surface area contributed by atoms with Crippen LogP contribution in [0.25, 0.3) is 11.3 Å². The molecular formula is C20H13N3O4S. The Balaban J connectivity index is 2.03. The number of hydrogen-bond donors (Lipinski definition) is 0. The zero-order chi connectivity index (χ0) is 20.1. The second-order valence-corrected chi connectivity index (χ2v) is 6.62. The first kappa shape index (κ1) is 19.1. The monoisotopic (exact) mass is 391 g/mol. The topological polar surface area (TPSA) is 106 Å². The third-order valence-corrected chi connectivity index (χ3v) is 4.98. The van der Waals surface area contributed by atoms with Gasteiger partial charge in [-0.1, -0.05) is 23.9 Å². The minimum Gasteiger partial charge on any atom is -0.497 e. The van der Waals surface area contributed by atoms with Crippen LogP contribution in [0.15, 0.2) is 64.5 Å². The average Bonchev–Trinajstić information content (AvgIpc) is 2.73. The maximum absolute atomic E-state index is 11.4. The van der Waals surface area contributed by atoms with Crippen LogP contribution in [0.2, 0.25) is 0 Å². The van der Waals surface area contributed by atoms with Crippen molar-refractivity contribution in [3.05, 3.63) is 75.8 Å². The van der Waals surface area contributed by atoms with Crippen molar-refractivity contribution < 1.29 is 14.5 Å². The minimum absolute atomic E-state index is 0.164. The van der Waals surface area contributed by atoms with Gasteiger partial charge in [-0.05, 0) is 30.3 Å². The van der Waals surface area contributed by atoms with Gasteiger partial charge in [0, 0.05) is 28.2 Å². The second kappa shape index (κ2) is 8.33. The van der Waals surface area contributed by atoms with E-state index >= 15 is 0 Å². The van der Waals surface area contributed by atoms with Crippen LogP contribution in [0.4, 0.5) is 5.69 Å². The Kier molecular flexibility index (Phi) is 5.67. The molecule has 0 spiro atoms. The van der Waals surface area contributed by atoms with Crippen LogP contribution in [0.1, 0.15) is 15.9 Å². The van der Waals surface area contributed by atoms with Crippen molar-refractivity contribution >= 4 is 23.7 Å². The summed E-state index contributed by atoms with van der Waals surface area (Å²) in [5.74, 6) is 0.677. The number of nitriles is 1. The molecule has 0 saturated carbocycles. The largest absolute Gasteiger partial charge is 0.497 e. The zero-order valence-corrected chi connectivity index (χ0v) is 15.5. The summed E-state index contributed by atoms with van der Waals surface area (Å²) in [6, 6.07) is 16.8. The Morgan fingerprint density at radius 1 is 1.21 bits per heavy atom. The molecule has 28 heavy (non-hydrogen) atoms. The van der Waals surface area contributed by atoms with Crippen molar-refractivity contribution in [1.29, 1.82) is 5.26 Å². The third kappa shape index (κ3) is 4.00. The van der Waals surface area contributed by atoms with E-state index in [1.165, 1.54) is 18.2 Å². The molecule has 0 atom stereocenters. The van der Waals surface area contributed by atoms with Crippen molar-refractivity contribution in [2.75, 3.05) is 7.11 Å². The summed E-state index contributed by atoms with van der Waals surface area (Å²) in [7, 11) is 1.57. The highest BCUT2D eigenvalue weighted by Crippen LogP contribution is 2.34. The van der Waals surface area contributed by atoms with Crippen molar-refractivity contribution in [3.63, 3.8) is 0 Å². The molecule has 1 aromatic heterocycles. The average molecular weight is 391 g/mol. The van der Waals surface area contributed by atoms with Crippen LogP contribution in [-0.2, 0) is 0 Å². The van der Waals surface area contributed by atoms with Gasteiger partial charge in [-0.2, -0.15) is 5.26 Å². The van der Waals surface area contributed by atoms with E-state index in [2.05, 4.69) is 11.1 Å². The third-order valence-electron chi connectivity index (χ3n) is 3.88. The number of pyridine rings is 1. The Labute approximate surface area is 164 Å². The van der Waals surface area contributed by atoms with Crippen LogP contribution in [-0.4, -0.2) is 23.3 Å². The molecule has 0 amide bonds. The van der Waals surface area contributed by atoms with Crippen molar-refractivity contribution in [1.82, 2.24) is 4.98 Å². The van der Waals surface area contributed by atoms with E-state index in [0.717, 1.165) is 17.3 Å². The van der Waals surface area contributed by atoms with E-state index < -0.39 is 4.92 Å². The lowest BCUT2D eigenvalue weighted by atomic mass is 10.1. The number of benzene rings is 2. The quantitative estimate of drug-likeness (QED) is 0.346. The Morgan fingerprint density at radius 3 is 2.71 bits per heavy atom. The number of methoxy groups -OCH3 is 1. The van der Waals surface area contributed by atoms with Gasteiger partial charge in [0.05, 0.1) is 23.3 Å². The molecule has 8 heteroatoms. The van der Waals surface area contributed by atoms with Gasteiger partial charge in [0.2, 0.25) is 0 Å². The Morgan fingerprint density at radius 2 is 2.04 bits per heavy atom. The fraction of sp³-hybridized carbons (Fsp3) is 0.0500. The molecule has 0 saturated heterocycles. The number of carbonyl (C=O) groups excluding carboxylic acids is 1. The first-order valence-electron chi connectivity index (χ1n) is 8.02. The Hall–Kier alpha value is -3.70. The highest BCUT2D eigenvalue weighted by atomic mass is 32.2. The number of aromatic nitrogens is 1. The summed E-state index contributed by atoms with van der Waals surface area (Å²) in [6.07, 6.45) is 0.549. The van der Waals surface area contributed by atoms with Crippen LogP contribution in [0.5, 0.6) is 5.75 Å². The van der Waals surface area contributed by atoms with E-state index in [1.807, 2.05) is 24.3 Å². The number of carbonyl (C=O) groups is 1. The van der Waals surface area contributed by atoms with Crippen LogP contribution < -0.4 is 4.74 Å². The van der Waals surface area contributed by atoms with Gasteiger partial charge < -0.3 is 4.74 Å². The predicted molar refractivity (Wildman–Crippen MR) is 104 cm³/mol. The first-order valence-corrected chi connectivity index (χ1v) is 8.84. The molecule has 0 radical (unpaired) electrons. The van der Waals surface area contributed by atoms with Gasteiger partial charge >= 0.3 is 0 Å². The molecule has 3 aromatic rings. The summed E-state index contributed by atoms with van der Waals surface area (Å²) < 4.78 is 5.23. The smallest absolute Gasteiger partial charge is 0.270 e. The summed E-state index contributed by atoms with van der Waals surface area (Å²) in [5, 5.41) is 20.7. The number of aldehydes is 1. The second-order valence-electron chi connectivity index (χ2n) is 5.59. The van der Waals surface area contributed by atoms with Crippen LogP contribution >= 0.6 is 11.8 Å². The highest BCUT2D eigenvalue weighted by Gasteiger charge is 2.15. The predicted octanol–water partition coefficient (Wildman–Crippen LogP) is 4.50. The lowest BCUT2D eigenvalue weighted by Gasteiger charge is -2.09. The lowest BCUT2D eigenvalue weighted by Crippen LogP contribution is -1.95. The van der Waals surface area contributed by atoms with Gasteiger partial charge in [0.15, 0.2) is 6.29 Å². The number of hydrogen-bond acceptors (Lipinski definition) is 7. The molecule has 0 aliphatic heterocycles. The summed E-state index contributed by atoms with van der Waals surface area (Å²) in [6.45, 7) is 0. The van der Waals surface area contributed by atoms with Crippen LogP contribution in [0.3, 0.4) is 0 Å². The number of non-ortho nitro benzene ring substituents is 1. The molecule has 0 fully saturated rings. The van der Waals surface area contributed by atoms with E-state index in [1.54, 1.807) is 19.2 Å². The molecule has 2 aromatic carbocycles. The molecule has 0 N–H and O–H groups in total. The van der Waals surface area contributed by atoms with E-state index in [4.69, 9.17) is 4.74 Å². The van der Waals surface area contributed by atoms with E-state index in [0.29, 0.717) is 33.2 Å². The maximum Gasteiger partial charge on any atom is 0.270 e. The van der Waals surface area contributed by atoms with Crippen molar-refractivity contribution in [2.24, 2.45) is 0 Å². The molecule has 138 valence electrons. The van der Waals surface area contributed by atoms with Crippen molar-refractivity contribution in [2.45, 2.75) is 9.92 Å². The SMILES string of the molecule is COc1cccc(-c2ccc(C#N)c(Sc3ccc([N+](=O)[O-])cc3C=O)n2)c1. The van der Waals surface area contributed by atoms with Gasteiger partial charge in [-0.3, -0.25) is 14.9 Å². The highest BCUT2D eigenvalue weighted by molar-refractivity contribution is 7.99. The molecule has 7 nitrogen and oxygen atoms in total. The normalized spacial score (nSPS) is 10.1. The lowest BCUT2D eigenvalue weighted by molar-refractivity contribution is -0.384. The maximum atomic E-state index is 11.4. The van der Waals surface area contributed by atoms with Crippen LogP contribution in [0, 0.1) is 21.4 Å². The summed E-state index contributed by atoms with van der Waals surface area (Å²) in [5.41, 5.74) is 1.77. The molecular weight excluding hydrogens is 378 g/mol. The molecule has 0 aliphatic carbocycles. The molecule has 1 heterocycles. The van der Waals surface area contributed by atoms with Gasteiger partial charge in [-0.25, -0.2) is 4.98 Å². The van der Waals surface area contributed by atoms with Crippen molar-refractivity contribution in [3.8, 4) is 23.1 Å². The minimum atomic E-state index is -0.566. The number of nitro groups is 1. The standard InChI is InChI=1S/C20H13N3O4S/c1-27-17-4-2-3-13(10-17)18-7-5-14(11-21)20(22-18)28-19-8-6-16(23(25)26)9-15(19)12-24/h2-10,12H,1H3. The number of nitrogens with zero attached hydrogens (tertiary/aromatic N) is 3. The number of nitro benzene ring substituents is 1. The Bertz CT molecular complexity index is 1110. The number of ether oxygens (including phenoxy) is 1. The summed E-state index contributed by atoms with van der Waals surface area (Å²) >= 11 is 1.11. The zero-order valence-electron chi connectivity index (χ0n) is 14.7. The van der Waals surface area contributed by atoms with Gasteiger partial charge in [0.1, 0.15) is 16.8 Å². The van der Waals surface area contributed by atoms with Gasteiger partial charge in [-0.15, -0.1) is 0 Å².